The Balaban J connectivity index is 1.35. The standard InChI is InChI=1S/C36H30ClN3O2S2/c1-22-8-11-27(12-9-22)44(41,42)40-21-24(18-26-17-23-5-2-3-7-34(23)43-26)35-33(40)15-14-30-28(6-4-16-38-36(30)35)31-20-39-32-19-25(37)10-13-29(31)32/h2-3,5,7-15,17,19-21,28,38-39H,4,6,16,18H2,1H3. The van der Waals surface area contributed by atoms with E-state index in [2.05, 4.69) is 59.0 Å². The van der Waals surface area contributed by atoms with E-state index in [1.165, 1.54) is 30.1 Å². The van der Waals surface area contributed by atoms with Crippen LogP contribution in [-0.2, 0) is 16.4 Å². The van der Waals surface area contributed by atoms with Gasteiger partial charge in [-0.25, -0.2) is 12.4 Å². The molecule has 3 aromatic heterocycles. The summed E-state index contributed by atoms with van der Waals surface area (Å²) >= 11 is 8.07. The third-order valence-corrected chi connectivity index (χ3v) is 11.9. The van der Waals surface area contributed by atoms with Crippen molar-refractivity contribution in [3.63, 3.8) is 0 Å². The van der Waals surface area contributed by atoms with Crippen LogP contribution in [0.15, 0.2) is 102 Å². The van der Waals surface area contributed by atoms with Crippen LogP contribution in [0.1, 0.15) is 45.9 Å². The predicted molar refractivity (Wildman–Crippen MR) is 183 cm³/mol. The Hall–Kier alpha value is -4.04. The quantitative estimate of drug-likeness (QED) is 0.198. The second-order valence-electron chi connectivity index (χ2n) is 11.7. The number of aryl methyl sites for hydroxylation is 1. The number of thiophene rings is 1. The number of nitrogens with zero attached hydrogens (tertiary/aromatic N) is 1. The molecule has 4 heterocycles. The number of benzene rings is 4. The Bertz CT molecular complexity index is 2280. The van der Waals surface area contributed by atoms with Crippen LogP contribution in [0.3, 0.4) is 0 Å². The number of aromatic nitrogens is 2. The van der Waals surface area contributed by atoms with E-state index >= 15 is 0 Å². The second kappa shape index (κ2) is 10.5. The molecule has 0 bridgehead atoms. The Morgan fingerprint density at radius 1 is 0.977 bits per heavy atom. The third-order valence-electron chi connectivity index (χ3n) is 8.86. The lowest BCUT2D eigenvalue weighted by molar-refractivity contribution is 0.589. The first-order valence-corrected chi connectivity index (χ1v) is 17.5. The number of rotatable bonds is 5. The Kier molecular flexibility index (Phi) is 6.59. The van der Waals surface area contributed by atoms with Gasteiger partial charge in [-0.1, -0.05) is 59.6 Å². The minimum Gasteiger partial charge on any atom is -0.384 e. The molecule has 1 atom stereocenters. The summed E-state index contributed by atoms with van der Waals surface area (Å²) in [4.78, 5) is 4.92. The molecule has 0 spiro atoms. The lowest BCUT2D eigenvalue weighted by atomic mass is 9.86. The van der Waals surface area contributed by atoms with Crippen molar-refractivity contribution in [3.8, 4) is 0 Å². The number of anilines is 1. The molecule has 8 heteroatoms. The highest BCUT2D eigenvalue weighted by Crippen LogP contribution is 2.45. The van der Waals surface area contributed by atoms with Crippen LogP contribution in [0.4, 0.5) is 5.69 Å². The molecule has 5 nitrogen and oxygen atoms in total. The molecule has 0 saturated heterocycles. The van der Waals surface area contributed by atoms with Crippen molar-refractivity contribution in [3.05, 3.63) is 129 Å². The fourth-order valence-electron chi connectivity index (χ4n) is 6.75. The molecule has 2 N–H and O–H groups in total. The van der Waals surface area contributed by atoms with Gasteiger partial charge in [-0.05, 0) is 84.3 Å². The number of nitrogens with one attached hydrogen (secondary N) is 2. The number of aromatic amines is 1. The minimum atomic E-state index is -3.83. The zero-order valence-corrected chi connectivity index (χ0v) is 26.5. The van der Waals surface area contributed by atoms with E-state index in [1.54, 1.807) is 23.5 Å². The summed E-state index contributed by atoms with van der Waals surface area (Å²) in [6, 6.07) is 27.8. The van der Waals surface area contributed by atoms with Gasteiger partial charge in [0, 0.05) is 67.9 Å². The molecule has 1 unspecified atom stereocenters. The Morgan fingerprint density at radius 2 is 1.82 bits per heavy atom. The molecule has 220 valence electrons. The largest absolute Gasteiger partial charge is 0.384 e. The molecule has 0 saturated carbocycles. The molecule has 4 aromatic carbocycles. The second-order valence-corrected chi connectivity index (χ2v) is 15.1. The average molecular weight is 636 g/mol. The Labute approximate surface area is 265 Å². The summed E-state index contributed by atoms with van der Waals surface area (Å²) in [6.07, 6.45) is 6.57. The SMILES string of the molecule is Cc1ccc(S(=O)(=O)n2cc(Cc3cc4ccccc4s3)c3c4c(ccc32)C(c2c[nH]c3cc(Cl)ccc23)CCCN4)cc1. The van der Waals surface area contributed by atoms with Crippen molar-refractivity contribution < 1.29 is 8.42 Å². The monoisotopic (exact) mass is 635 g/mol. The summed E-state index contributed by atoms with van der Waals surface area (Å²) in [6.45, 7) is 2.78. The first-order valence-electron chi connectivity index (χ1n) is 14.8. The summed E-state index contributed by atoms with van der Waals surface area (Å²) in [5, 5.41) is 7.80. The molecular weight excluding hydrogens is 606 g/mol. The van der Waals surface area contributed by atoms with Crippen LogP contribution in [0, 0.1) is 6.92 Å². The van der Waals surface area contributed by atoms with E-state index < -0.39 is 10.0 Å². The number of H-pyrrole nitrogens is 1. The van der Waals surface area contributed by atoms with Gasteiger partial charge in [-0.2, -0.15) is 0 Å². The van der Waals surface area contributed by atoms with Gasteiger partial charge in [0.05, 0.1) is 10.4 Å². The normalized spacial score (nSPS) is 15.5. The van der Waals surface area contributed by atoms with Crippen LogP contribution < -0.4 is 5.32 Å². The maximum atomic E-state index is 14.2. The van der Waals surface area contributed by atoms with Crippen LogP contribution in [0.2, 0.25) is 5.02 Å². The highest BCUT2D eigenvalue weighted by molar-refractivity contribution is 7.90. The number of fused-ring (bicyclic) bond motifs is 5. The van der Waals surface area contributed by atoms with E-state index in [-0.39, 0.29) is 10.8 Å². The number of hydrogen-bond acceptors (Lipinski definition) is 4. The van der Waals surface area contributed by atoms with Gasteiger partial charge in [-0.15, -0.1) is 11.3 Å². The fraction of sp³-hybridized carbons (Fsp3) is 0.167. The van der Waals surface area contributed by atoms with Crippen molar-refractivity contribution in [2.24, 2.45) is 0 Å². The molecule has 0 radical (unpaired) electrons. The van der Waals surface area contributed by atoms with Crippen LogP contribution in [0.5, 0.6) is 0 Å². The molecular formula is C36H30ClN3O2S2. The summed E-state index contributed by atoms with van der Waals surface area (Å²) < 4.78 is 31.0. The highest BCUT2D eigenvalue weighted by Gasteiger charge is 2.29. The summed E-state index contributed by atoms with van der Waals surface area (Å²) in [5.41, 5.74) is 7.19. The zero-order valence-electron chi connectivity index (χ0n) is 24.1. The van der Waals surface area contributed by atoms with E-state index in [4.69, 9.17) is 11.6 Å². The van der Waals surface area contributed by atoms with Gasteiger partial charge >= 0.3 is 0 Å². The van der Waals surface area contributed by atoms with Crippen molar-refractivity contribution in [1.29, 1.82) is 0 Å². The zero-order chi connectivity index (χ0) is 30.0. The predicted octanol–water partition coefficient (Wildman–Crippen LogP) is 9.46. The lowest BCUT2D eigenvalue weighted by Crippen LogP contribution is -2.12. The van der Waals surface area contributed by atoms with E-state index in [1.807, 2.05) is 43.5 Å². The van der Waals surface area contributed by atoms with Crippen molar-refractivity contribution in [2.75, 3.05) is 11.9 Å². The highest BCUT2D eigenvalue weighted by atomic mass is 35.5. The van der Waals surface area contributed by atoms with Gasteiger partial charge in [0.2, 0.25) is 0 Å². The number of halogens is 1. The molecule has 44 heavy (non-hydrogen) atoms. The first kappa shape index (κ1) is 27.5. The van der Waals surface area contributed by atoms with Gasteiger partial charge in [0.1, 0.15) is 0 Å². The number of hydrogen-bond donors (Lipinski definition) is 2. The van der Waals surface area contributed by atoms with Gasteiger partial charge in [0.25, 0.3) is 10.0 Å². The van der Waals surface area contributed by atoms with Crippen LogP contribution in [0.25, 0.3) is 31.9 Å². The van der Waals surface area contributed by atoms with E-state index in [0.29, 0.717) is 17.0 Å². The molecule has 0 fully saturated rings. The van der Waals surface area contributed by atoms with Crippen molar-refractivity contribution in [2.45, 2.75) is 37.0 Å². The molecule has 1 aliphatic rings. The molecule has 7 aromatic rings. The summed E-state index contributed by atoms with van der Waals surface area (Å²) in [5.74, 6) is 0.147. The molecule has 1 aliphatic heterocycles. The summed E-state index contributed by atoms with van der Waals surface area (Å²) in [7, 11) is -3.83. The lowest BCUT2D eigenvalue weighted by Gasteiger charge is -2.19. The minimum absolute atomic E-state index is 0.147. The molecule has 8 rings (SSSR count). The third kappa shape index (κ3) is 4.53. The maximum Gasteiger partial charge on any atom is 0.268 e. The van der Waals surface area contributed by atoms with Gasteiger partial charge in [0.15, 0.2) is 0 Å². The van der Waals surface area contributed by atoms with Crippen LogP contribution >= 0.6 is 22.9 Å². The maximum absolute atomic E-state index is 14.2. The smallest absolute Gasteiger partial charge is 0.268 e. The van der Waals surface area contributed by atoms with Crippen molar-refractivity contribution in [1.82, 2.24) is 8.96 Å². The van der Waals surface area contributed by atoms with Crippen molar-refractivity contribution >= 4 is 70.5 Å². The Morgan fingerprint density at radius 3 is 2.66 bits per heavy atom. The molecule has 0 aliphatic carbocycles. The van der Waals surface area contributed by atoms with E-state index in [9.17, 15) is 8.42 Å². The van der Waals surface area contributed by atoms with Crippen LogP contribution in [-0.4, -0.2) is 23.9 Å². The van der Waals surface area contributed by atoms with E-state index in [0.717, 1.165) is 52.5 Å². The topological polar surface area (TPSA) is 66.9 Å². The van der Waals surface area contributed by atoms with Gasteiger partial charge < -0.3 is 10.3 Å². The fourth-order valence-corrected chi connectivity index (χ4v) is 9.39. The first-order chi connectivity index (χ1) is 21.4. The molecule has 0 amide bonds. The average Bonchev–Trinajstić information content (AvgIpc) is 3.69. The van der Waals surface area contributed by atoms with Gasteiger partial charge in [-0.3, -0.25) is 0 Å².